The fourth-order valence-corrected chi connectivity index (χ4v) is 4.36. The molecule has 10 heteroatoms. The van der Waals surface area contributed by atoms with Crippen LogP contribution in [0.2, 0.25) is 0 Å². The van der Waals surface area contributed by atoms with Gasteiger partial charge in [0, 0.05) is 11.6 Å². The smallest absolute Gasteiger partial charge is 0.335 e. The first-order chi connectivity index (χ1) is 17.7. The van der Waals surface area contributed by atoms with Crippen LogP contribution in [0.1, 0.15) is 62.7 Å². The van der Waals surface area contributed by atoms with Gasteiger partial charge in [0.05, 0.1) is 16.7 Å². The fraction of sp³-hybridized carbons (Fsp3) is 0.321. The SMILES string of the molecule is CC(C)(C)CC(C)(C)c1ccc(OCC(=O)N/N=C/c2ccc(-c3cccc(C(=O)O)c3)o2)c([N+](=O)[O-])c1. The topological polar surface area (TPSA) is 144 Å². The molecule has 10 nitrogen and oxygen atoms in total. The van der Waals surface area contributed by atoms with Gasteiger partial charge >= 0.3 is 11.7 Å². The second-order valence-corrected chi connectivity index (χ2v) is 10.7. The Balaban J connectivity index is 1.61. The van der Waals surface area contributed by atoms with Gasteiger partial charge in [-0.1, -0.05) is 52.8 Å². The molecule has 0 aliphatic carbocycles. The van der Waals surface area contributed by atoms with E-state index in [1.54, 1.807) is 30.3 Å². The van der Waals surface area contributed by atoms with Gasteiger partial charge in [0.1, 0.15) is 11.5 Å². The highest BCUT2D eigenvalue weighted by molar-refractivity contribution is 5.89. The number of carbonyl (C=O) groups excluding carboxylic acids is 1. The summed E-state index contributed by atoms with van der Waals surface area (Å²) in [6.07, 6.45) is 2.10. The number of nitrogens with zero attached hydrogens (tertiary/aromatic N) is 2. The zero-order valence-corrected chi connectivity index (χ0v) is 22.0. The van der Waals surface area contributed by atoms with Crippen LogP contribution in [-0.2, 0) is 10.2 Å². The third-order valence-electron chi connectivity index (χ3n) is 5.67. The highest BCUT2D eigenvalue weighted by Crippen LogP contribution is 2.39. The molecule has 3 rings (SSSR count). The van der Waals surface area contributed by atoms with E-state index in [4.69, 9.17) is 14.3 Å². The number of ether oxygens (including phenoxy) is 1. The largest absolute Gasteiger partial charge is 0.478 e. The number of nitrogens with one attached hydrogen (secondary N) is 1. The van der Waals surface area contributed by atoms with Crippen LogP contribution in [-0.4, -0.2) is 34.7 Å². The molecule has 38 heavy (non-hydrogen) atoms. The molecule has 0 atom stereocenters. The number of carboxylic acids is 1. The van der Waals surface area contributed by atoms with Crippen LogP contribution in [0, 0.1) is 15.5 Å². The summed E-state index contributed by atoms with van der Waals surface area (Å²) < 4.78 is 11.1. The number of nitro benzene ring substituents is 1. The first kappa shape index (κ1) is 28.1. The lowest BCUT2D eigenvalue weighted by molar-refractivity contribution is -0.385. The summed E-state index contributed by atoms with van der Waals surface area (Å²) in [6, 6.07) is 14.3. The number of carboxylic acid groups (broad SMARTS) is 1. The van der Waals surface area contributed by atoms with Crippen molar-refractivity contribution in [1.29, 1.82) is 0 Å². The van der Waals surface area contributed by atoms with Crippen molar-refractivity contribution in [1.82, 2.24) is 5.43 Å². The number of hydrazone groups is 1. The number of nitro groups is 1. The number of hydrogen-bond acceptors (Lipinski definition) is 7. The van der Waals surface area contributed by atoms with E-state index in [1.807, 2.05) is 13.8 Å². The summed E-state index contributed by atoms with van der Waals surface area (Å²) in [6.45, 7) is 9.96. The Morgan fingerprint density at radius 2 is 1.84 bits per heavy atom. The Morgan fingerprint density at radius 1 is 1.11 bits per heavy atom. The lowest BCUT2D eigenvalue weighted by atomic mass is 9.72. The minimum absolute atomic E-state index is 0.0105. The second-order valence-electron chi connectivity index (χ2n) is 10.7. The van der Waals surface area contributed by atoms with Gasteiger partial charge in [-0.2, -0.15) is 5.10 Å². The highest BCUT2D eigenvalue weighted by atomic mass is 16.6. The number of hydrogen-bond donors (Lipinski definition) is 2. The predicted octanol–water partition coefficient (Wildman–Crippen LogP) is 5.80. The summed E-state index contributed by atoms with van der Waals surface area (Å²) in [5, 5.41) is 24.6. The van der Waals surface area contributed by atoms with E-state index in [1.165, 1.54) is 30.5 Å². The molecule has 1 amide bonds. The van der Waals surface area contributed by atoms with Crippen LogP contribution in [0.15, 0.2) is 64.1 Å². The quantitative estimate of drug-likeness (QED) is 0.195. The van der Waals surface area contributed by atoms with E-state index in [2.05, 4.69) is 31.3 Å². The molecule has 0 radical (unpaired) electrons. The van der Waals surface area contributed by atoms with E-state index in [-0.39, 0.29) is 27.8 Å². The maximum atomic E-state index is 12.2. The van der Waals surface area contributed by atoms with Crippen LogP contribution in [0.5, 0.6) is 5.75 Å². The summed E-state index contributed by atoms with van der Waals surface area (Å²) in [7, 11) is 0. The van der Waals surface area contributed by atoms with Gasteiger partial charge in [-0.05, 0) is 53.1 Å². The van der Waals surface area contributed by atoms with Gasteiger partial charge in [-0.15, -0.1) is 0 Å². The molecule has 2 N–H and O–H groups in total. The van der Waals surface area contributed by atoms with Crippen molar-refractivity contribution >= 4 is 23.8 Å². The average Bonchev–Trinajstić information content (AvgIpc) is 3.30. The molecule has 0 aliphatic heterocycles. The Labute approximate surface area is 220 Å². The first-order valence-corrected chi connectivity index (χ1v) is 11.9. The van der Waals surface area contributed by atoms with E-state index < -0.39 is 23.4 Å². The van der Waals surface area contributed by atoms with E-state index in [9.17, 15) is 19.7 Å². The molecule has 0 bridgehead atoms. The number of carbonyl (C=O) groups is 2. The summed E-state index contributed by atoms with van der Waals surface area (Å²) in [5.74, 6) is -0.912. The Kier molecular flexibility index (Phi) is 8.35. The summed E-state index contributed by atoms with van der Waals surface area (Å²) in [4.78, 5) is 34.5. The van der Waals surface area contributed by atoms with Gasteiger partial charge in [0.2, 0.25) is 0 Å². The first-order valence-electron chi connectivity index (χ1n) is 11.9. The summed E-state index contributed by atoms with van der Waals surface area (Å²) >= 11 is 0. The van der Waals surface area contributed by atoms with Crippen LogP contribution in [0.3, 0.4) is 0 Å². The lowest BCUT2D eigenvalue weighted by Crippen LogP contribution is -2.26. The van der Waals surface area contributed by atoms with Crippen LogP contribution in [0.4, 0.5) is 5.69 Å². The molecule has 3 aromatic rings. The number of aromatic carboxylic acids is 1. The molecule has 0 saturated carbocycles. The molecule has 0 aliphatic rings. The molecule has 1 aromatic heterocycles. The van der Waals surface area contributed by atoms with Gasteiger partial charge in [-0.25, -0.2) is 10.2 Å². The maximum Gasteiger partial charge on any atom is 0.335 e. The fourth-order valence-electron chi connectivity index (χ4n) is 4.36. The predicted molar refractivity (Wildman–Crippen MR) is 143 cm³/mol. The van der Waals surface area contributed by atoms with Crippen molar-refractivity contribution in [2.75, 3.05) is 6.61 Å². The third kappa shape index (κ3) is 7.52. The lowest BCUT2D eigenvalue weighted by Gasteiger charge is -2.33. The minimum atomic E-state index is -1.05. The van der Waals surface area contributed by atoms with Gasteiger partial charge < -0.3 is 14.3 Å². The molecule has 0 spiro atoms. The normalized spacial score (nSPS) is 11.9. The molecule has 1 heterocycles. The van der Waals surface area contributed by atoms with Crippen molar-refractivity contribution < 1.29 is 28.8 Å². The standard InChI is InChI=1S/C28H31N3O7/c1-27(2,3)17-28(4,5)20-9-11-24(22(14-20)31(35)36)37-16-25(32)30-29-15-21-10-12-23(38-21)18-7-6-8-19(13-18)26(33)34/h6-15H,16-17H2,1-5H3,(H,30,32)(H,33,34)/b29-15+. The average molecular weight is 522 g/mol. The van der Waals surface area contributed by atoms with Crippen molar-refractivity contribution in [3.63, 3.8) is 0 Å². The van der Waals surface area contributed by atoms with Crippen molar-refractivity contribution in [3.05, 3.63) is 81.6 Å². The van der Waals surface area contributed by atoms with Gasteiger partial charge in [0.15, 0.2) is 12.4 Å². The monoisotopic (exact) mass is 521 g/mol. The zero-order chi connectivity index (χ0) is 28.1. The molecule has 200 valence electrons. The van der Waals surface area contributed by atoms with E-state index in [0.717, 1.165) is 12.0 Å². The number of benzene rings is 2. The molecular weight excluding hydrogens is 490 g/mol. The van der Waals surface area contributed by atoms with E-state index >= 15 is 0 Å². The second kappa shape index (κ2) is 11.3. The van der Waals surface area contributed by atoms with Crippen LogP contribution >= 0.6 is 0 Å². The number of rotatable bonds is 10. The van der Waals surface area contributed by atoms with Gasteiger partial charge in [-0.3, -0.25) is 14.9 Å². The van der Waals surface area contributed by atoms with Crippen LogP contribution < -0.4 is 10.2 Å². The Morgan fingerprint density at radius 3 is 2.50 bits per heavy atom. The van der Waals surface area contributed by atoms with Crippen LogP contribution in [0.25, 0.3) is 11.3 Å². The van der Waals surface area contributed by atoms with Gasteiger partial charge in [0.25, 0.3) is 5.91 Å². The zero-order valence-electron chi connectivity index (χ0n) is 22.0. The number of furan rings is 1. The Bertz CT molecular complexity index is 1370. The third-order valence-corrected chi connectivity index (χ3v) is 5.67. The number of amides is 1. The van der Waals surface area contributed by atoms with E-state index in [0.29, 0.717) is 17.1 Å². The molecule has 0 unspecified atom stereocenters. The molecule has 0 fully saturated rings. The van der Waals surface area contributed by atoms with Crippen molar-refractivity contribution in [3.8, 4) is 17.1 Å². The molecule has 2 aromatic carbocycles. The molecule has 0 saturated heterocycles. The molecular formula is C28H31N3O7. The maximum absolute atomic E-state index is 12.2. The minimum Gasteiger partial charge on any atom is -0.478 e. The van der Waals surface area contributed by atoms with Crippen molar-refractivity contribution in [2.45, 2.75) is 46.5 Å². The summed E-state index contributed by atoms with van der Waals surface area (Å²) in [5.41, 5.74) is 3.34. The Hall–Kier alpha value is -4.47. The van der Waals surface area contributed by atoms with Crippen molar-refractivity contribution in [2.24, 2.45) is 10.5 Å². The highest BCUT2D eigenvalue weighted by Gasteiger charge is 2.30.